The van der Waals surface area contributed by atoms with E-state index < -0.39 is 0 Å². The van der Waals surface area contributed by atoms with Crippen molar-refractivity contribution in [3.63, 3.8) is 0 Å². The van der Waals surface area contributed by atoms with Gasteiger partial charge >= 0.3 is 0 Å². The molecule has 2 nitrogen and oxygen atoms in total. The van der Waals surface area contributed by atoms with Gasteiger partial charge in [0.05, 0.1) is 12.3 Å². The average Bonchev–Trinajstić information content (AvgIpc) is 2.82. The minimum absolute atomic E-state index is 0.150. The van der Waals surface area contributed by atoms with Crippen LogP contribution in [0.4, 0.5) is 0 Å². The summed E-state index contributed by atoms with van der Waals surface area (Å²) in [4.78, 5) is 0. The number of benzene rings is 1. The summed E-state index contributed by atoms with van der Waals surface area (Å²) in [6.45, 7) is 7.31. The predicted molar refractivity (Wildman–Crippen MR) is 74.8 cm³/mol. The van der Waals surface area contributed by atoms with Gasteiger partial charge in [-0.05, 0) is 42.6 Å². The minimum Gasteiger partial charge on any atom is -0.467 e. The van der Waals surface area contributed by atoms with Crippen molar-refractivity contribution in [2.24, 2.45) is 0 Å². The number of hydrogen-bond donors (Lipinski definition) is 1. The third-order valence-corrected chi connectivity index (χ3v) is 3.26. The Bertz CT molecular complexity index is 501. The van der Waals surface area contributed by atoms with Crippen LogP contribution >= 0.6 is 0 Å². The summed E-state index contributed by atoms with van der Waals surface area (Å²) >= 11 is 0. The van der Waals surface area contributed by atoms with E-state index in [1.165, 1.54) is 16.7 Å². The third kappa shape index (κ3) is 2.65. The quantitative estimate of drug-likeness (QED) is 0.863. The van der Waals surface area contributed by atoms with E-state index in [4.69, 9.17) is 4.42 Å². The van der Waals surface area contributed by atoms with Crippen molar-refractivity contribution in [2.75, 3.05) is 6.54 Å². The molecule has 0 saturated heterocycles. The number of hydrogen-bond acceptors (Lipinski definition) is 2. The van der Waals surface area contributed by atoms with Gasteiger partial charge in [-0.25, -0.2) is 0 Å². The van der Waals surface area contributed by atoms with Crippen LogP contribution in [0.5, 0.6) is 0 Å². The van der Waals surface area contributed by atoms with Crippen molar-refractivity contribution in [3.8, 4) is 0 Å². The van der Waals surface area contributed by atoms with E-state index in [2.05, 4.69) is 50.4 Å². The Labute approximate surface area is 109 Å². The van der Waals surface area contributed by atoms with Gasteiger partial charge in [-0.2, -0.15) is 0 Å². The Morgan fingerprint density at radius 3 is 2.67 bits per heavy atom. The van der Waals surface area contributed by atoms with Gasteiger partial charge in [0.25, 0.3) is 0 Å². The second kappa shape index (κ2) is 5.87. The number of aryl methyl sites for hydroxylation is 2. The Morgan fingerprint density at radius 2 is 2.06 bits per heavy atom. The molecule has 1 unspecified atom stereocenters. The summed E-state index contributed by atoms with van der Waals surface area (Å²) in [5.41, 5.74) is 3.83. The molecular weight excluding hydrogens is 222 g/mol. The zero-order chi connectivity index (χ0) is 13.0. The lowest BCUT2D eigenvalue weighted by atomic mass is 9.99. The highest BCUT2D eigenvalue weighted by Crippen LogP contribution is 2.26. The maximum Gasteiger partial charge on any atom is 0.128 e. The van der Waals surface area contributed by atoms with Gasteiger partial charge in [-0.1, -0.05) is 38.1 Å². The largest absolute Gasteiger partial charge is 0.467 e. The van der Waals surface area contributed by atoms with Gasteiger partial charge in [-0.3, -0.25) is 0 Å². The fourth-order valence-electron chi connectivity index (χ4n) is 2.24. The molecule has 0 saturated carbocycles. The highest BCUT2D eigenvalue weighted by atomic mass is 16.3. The molecule has 96 valence electrons. The van der Waals surface area contributed by atoms with Gasteiger partial charge in [0.15, 0.2) is 0 Å². The van der Waals surface area contributed by atoms with Crippen molar-refractivity contribution in [1.82, 2.24) is 5.32 Å². The van der Waals surface area contributed by atoms with Crippen LogP contribution in [-0.4, -0.2) is 6.54 Å². The van der Waals surface area contributed by atoms with E-state index in [0.29, 0.717) is 0 Å². The molecule has 1 aromatic heterocycles. The molecule has 0 fully saturated rings. The SMILES string of the molecule is CCNC(c1cccc(CC)c1)c1occc1C. The molecule has 0 radical (unpaired) electrons. The van der Waals surface area contributed by atoms with E-state index >= 15 is 0 Å². The van der Waals surface area contributed by atoms with Gasteiger partial charge < -0.3 is 9.73 Å². The maximum absolute atomic E-state index is 5.64. The van der Waals surface area contributed by atoms with E-state index in [0.717, 1.165) is 18.7 Å². The summed E-state index contributed by atoms with van der Waals surface area (Å²) in [7, 11) is 0. The lowest BCUT2D eigenvalue weighted by Crippen LogP contribution is -2.22. The average molecular weight is 243 g/mol. The molecule has 0 amide bonds. The molecule has 1 atom stereocenters. The van der Waals surface area contributed by atoms with Crippen molar-refractivity contribution < 1.29 is 4.42 Å². The second-order valence-electron chi connectivity index (χ2n) is 4.56. The molecule has 0 aliphatic rings. The molecule has 0 spiro atoms. The fourth-order valence-corrected chi connectivity index (χ4v) is 2.24. The zero-order valence-corrected chi connectivity index (χ0v) is 11.4. The lowest BCUT2D eigenvalue weighted by Gasteiger charge is -2.18. The van der Waals surface area contributed by atoms with E-state index in [9.17, 15) is 0 Å². The topological polar surface area (TPSA) is 25.2 Å². The monoisotopic (exact) mass is 243 g/mol. The van der Waals surface area contributed by atoms with E-state index in [1.54, 1.807) is 6.26 Å². The molecule has 0 aliphatic carbocycles. The maximum atomic E-state index is 5.64. The molecule has 1 N–H and O–H groups in total. The molecule has 2 heteroatoms. The van der Waals surface area contributed by atoms with Crippen molar-refractivity contribution in [3.05, 3.63) is 59.0 Å². The van der Waals surface area contributed by atoms with Crippen LogP contribution in [0.3, 0.4) is 0 Å². The first kappa shape index (κ1) is 12.9. The molecule has 1 heterocycles. The van der Waals surface area contributed by atoms with Gasteiger partial charge in [0.1, 0.15) is 5.76 Å². The second-order valence-corrected chi connectivity index (χ2v) is 4.56. The first-order valence-corrected chi connectivity index (χ1v) is 6.62. The molecule has 2 aromatic rings. The molecule has 2 rings (SSSR count). The lowest BCUT2D eigenvalue weighted by molar-refractivity contribution is 0.449. The highest BCUT2D eigenvalue weighted by Gasteiger charge is 2.18. The molecular formula is C16H21NO. The number of furan rings is 1. The fraction of sp³-hybridized carbons (Fsp3) is 0.375. The van der Waals surface area contributed by atoms with Crippen molar-refractivity contribution >= 4 is 0 Å². The Hall–Kier alpha value is -1.54. The Balaban J connectivity index is 2.38. The van der Waals surface area contributed by atoms with Gasteiger partial charge in [-0.15, -0.1) is 0 Å². The predicted octanol–water partition coefficient (Wildman–Crippen LogP) is 3.85. The number of rotatable bonds is 5. The van der Waals surface area contributed by atoms with Gasteiger partial charge in [0, 0.05) is 0 Å². The third-order valence-electron chi connectivity index (χ3n) is 3.26. The van der Waals surface area contributed by atoms with Crippen LogP contribution in [0, 0.1) is 6.92 Å². The minimum atomic E-state index is 0.150. The summed E-state index contributed by atoms with van der Waals surface area (Å²) in [6, 6.07) is 10.9. The van der Waals surface area contributed by atoms with Crippen LogP contribution < -0.4 is 5.32 Å². The van der Waals surface area contributed by atoms with Crippen LogP contribution in [-0.2, 0) is 6.42 Å². The molecule has 0 aliphatic heterocycles. The summed E-state index contributed by atoms with van der Waals surface area (Å²) in [6.07, 6.45) is 2.82. The number of nitrogens with one attached hydrogen (secondary N) is 1. The Morgan fingerprint density at radius 1 is 1.22 bits per heavy atom. The first-order chi connectivity index (χ1) is 8.76. The Kier molecular flexibility index (Phi) is 4.21. The van der Waals surface area contributed by atoms with Gasteiger partial charge in [0.2, 0.25) is 0 Å². The van der Waals surface area contributed by atoms with E-state index in [1.807, 2.05) is 6.07 Å². The van der Waals surface area contributed by atoms with E-state index in [-0.39, 0.29) is 6.04 Å². The summed E-state index contributed by atoms with van der Waals surface area (Å²) in [5, 5.41) is 3.50. The molecule has 18 heavy (non-hydrogen) atoms. The van der Waals surface area contributed by atoms with Crippen LogP contribution in [0.1, 0.15) is 42.3 Å². The zero-order valence-electron chi connectivity index (χ0n) is 11.4. The standard InChI is InChI=1S/C16H21NO/c1-4-13-7-6-8-14(11-13)15(17-5-2)16-12(3)9-10-18-16/h6-11,15,17H,4-5H2,1-3H3. The summed E-state index contributed by atoms with van der Waals surface area (Å²) < 4.78 is 5.64. The highest BCUT2D eigenvalue weighted by molar-refractivity contribution is 5.33. The van der Waals surface area contributed by atoms with Crippen LogP contribution in [0.25, 0.3) is 0 Å². The molecule has 0 bridgehead atoms. The van der Waals surface area contributed by atoms with Crippen molar-refractivity contribution in [1.29, 1.82) is 0 Å². The van der Waals surface area contributed by atoms with Crippen LogP contribution in [0.2, 0.25) is 0 Å². The first-order valence-electron chi connectivity index (χ1n) is 6.62. The normalized spacial score (nSPS) is 12.6. The van der Waals surface area contributed by atoms with Crippen LogP contribution in [0.15, 0.2) is 41.0 Å². The molecule has 1 aromatic carbocycles. The smallest absolute Gasteiger partial charge is 0.128 e. The van der Waals surface area contributed by atoms with Crippen molar-refractivity contribution in [2.45, 2.75) is 33.2 Å². The summed E-state index contributed by atoms with van der Waals surface area (Å²) in [5.74, 6) is 1.02.